The quantitative estimate of drug-likeness (QED) is 0.177. The number of rotatable bonds is 4. The molecule has 268 valence electrons. The average Bonchev–Trinajstić information content (AvgIpc) is 3.79. The zero-order chi connectivity index (χ0) is 37.9. The normalized spacial score (nSPS) is 14.4. The van der Waals surface area contributed by atoms with Gasteiger partial charge in [-0.25, -0.2) is 4.98 Å². The Bertz CT molecular complexity index is 3260. The first-order valence-corrected chi connectivity index (χ1v) is 19.5. The Morgan fingerprint density at radius 2 is 1.00 bits per heavy atom. The second-order valence-electron chi connectivity index (χ2n) is 14.8. The Morgan fingerprint density at radius 1 is 0.439 bits per heavy atom. The number of para-hydroxylation sites is 3. The second kappa shape index (κ2) is 13.4. The van der Waals surface area contributed by atoms with Gasteiger partial charge in [-0.1, -0.05) is 140 Å². The number of hydrogen-bond donors (Lipinski definition) is 0. The van der Waals surface area contributed by atoms with Gasteiger partial charge in [0.2, 0.25) is 0 Å². The molecule has 3 nitrogen and oxygen atoms in total. The van der Waals surface area contributed by atoms with E-state index in [4.69, 9.17) is 4.98 Å². The molecule has 0 radical (unpaired) electrons. The SMILES string of the molecule is C=C1/C=C\C(c2ccc(-n3c4ccccc4c4cc(-c5ccc6c(c5)c5ccccc5n6-c5ccccc5)ccc43)nc2)=C/Cc2ccccc2-c2ccccc21. The molecule has 0 aliphatic heterocycles. The monoisotopic (exact) mass is 727 g/mol. The molecule has 0 fully saturated rings. The number of fused-ring (bicyclic) bond motifs is 9. The van der Waals surface area contributed by atoms with Crippen LogP contribution in [0, 0.1) is 0 Å². The lowest BCUT2D eigenvalue weighted by molar-refractivity contribution is 1.08. The minimum Gasteiger partial charge on any atom is -0.309 e. The molecular weight excluding hydrogens is 691 g/mol. The van der Waals surface area contributed by atoms with Gasteiger partial charge in [0, 0.05) is 33.4 Å². The number of allylic oxidation sites excluding steroid dienone is 5. The highest BCUT2D eigenvalue weighted by molar-refractivity contribution is 6.12. The molecule has 3 heterocycles. The maximum atomic E-state index is 5.13. The number of benzene rings is 7. The van der Waals surface area contributed by atoms with Crippen LogP contribution in [0.2, 0.25) is 0 Å². The van der Waals surface area contributed by atoms with Crippen LogP contribution >= 0.6 is 0 Å². The Kier molecular flexibility index (Phi) is 7.71. The second-order valence-corrected chi connectivity index (χ2v) is 14.8. The molecule has 0 saturated heterocycles. The predicted octanol–water partition coefficient (Wildman–Crippen LogP) is 13.8. The summed E-state index contributed by atoms with van der Waals surface area (Å²) in [5.41, 5.74) is 16.3. The lowest BCUT2D eigenvalue weighted by atomic mass is 9.89. The highest BCUT2D eigenvalue weighted by atomic mass is 15.1. The van der Waals surface area contributed by atoms with Crippen molar-refractivity contribution >= 4 is 54.8 Å². The molecule has 7 aromatic carbocycles. The van der Waals surface area contributed by atoms with E-state index in [1.165, 1.54) is 66.1 Å². The van der Waals surface area contributed by atoms with E-state index in [0.29, 0.717) is 0 Å². The summed E-state index contributed by atoms with van der Waals surface area (Å²) < 4.78 is 4.66. The van der Waals surface area contributed by atoms with E-state index in [1.54, 1.807) is 0 Å². The van der Waals surface area contributed by atoms with Gasteiger partial charge < -0.3 is 4.57 Å². The first-order chi connectivity index (χ1) is 28.2. The van der Waals surface area contributed by atoms with Crippen molar-refractivity contribution in [1.82, 2.24) is 14.1 Å². The van der Waals surface area contributed by atoms with Crippen molar-refractivity contribution < 1.29 is 0 Å². The van der Waals surface area contributed by atoms with Crippen LogP contribution in [0.4, 0.5) is 0 Å². The predicted molar refractivity (Wildman–Crippen MR) is 240 cm³/mol. The zero-order valence-electron chi connectivity index (χ0n) is 31.3. The van der Waals surface area contributed by atoms with Crippen LogP contribution in [0.5, 0.6) is 0 Å². The summed E-state index contributed by atoms with van der Waals surface area (Å²) >= 11 is 0. The van der Waals surface area contributed by atoms with Crippen LogP contribution in [0.1, 0.15) is 16.7 Å². The van der Waals surface area contributed by atoms with Gasteiger partial charge in [-0.15, -0.1) is 0 Å². The van der Waals surface area contributed by atoms with Crippen LogP contribution in [0.15, 0.2) is 207 Å². The first-order valence-electron chi connectivity index (χ1n) is 19.5. The number of nitrogens with zero attached hydrogens (tertiary/aromatic N) is 3. The molecular formula is C54H37N3. The Labute approximate surface area is 331 Å². The van der Waals surface area contributed by atoms with Crippen LogP contribution in [0.3, 0.4) is 0 Å². The highest BCUT2D eigenvalue weighted by Crippen LogP contribution is 2.39. The van der Waals surface area contributed by atoms with Crippen LogP contribution in [-0.4, -0.2) is 14.1 Å². The molecule has 3 aromatic heterocycles. The lowest BCUT2D eigenvalue weighted by Crippen LogP contribution is -1.98. The van der Waals surface area contributed by atoms with Crippen molar-refractivity contribution in [3.05, 3.63) is 224 Å². The van der Waals surface area contributed by atoms with Gasteiger partial charge in [-0.2, -0.15) is 0 Å². The van der Waals surface area contributed by atoms with Crippen molar-refractivity contribution in [2.75, 3.05) is 0 Å². The van der Waals surface area contributed by atoms with Crippen molar-refractivity contribution in [2.24, 2.45) is 0 Å². The lowest BCUT2D eigenvalue weighted by Gasteiger charge is -2.16. The number of hydrogen-bond acceptors (Lipinski definition) is 1. The maximum Gasteiger partial charge on any atom is 0.137 e. The summed E-state index contributed by atoms with van der Waals surface area (Å²) in [7, 11) is 0. The van der Waals surface area contributed by atoms with Crippen molar-refractivity contribution in [2.45, 2.75) is 6.42 Å². The topological polar surface area (TPSA) is 22.8 Å². The van der Waals surface area contributed by atoms with Gasteiger partial charge in [0.25, 0.3) is 0 Å². The van der Waals surface area contributed by atoms with Crippen LogP contribution in [0.25, 0.3) is 88.5 Å². The third-order valence-electron chi connectivity index (χ3n) is 11.6. The molecule has 0 saturated carbocycles. The third kappa shape index (κ3) is 5.47. The van der Waals surface area contributed by atoms with E-state index in [-0.39, 0.29) is 0 Å². The Morgan fingerprint density at radius 3 is 1.70 bits per heavy atom. The van der Waals surface area contributed by atoms with Crippen molar-refractivity contribution in [3.8, 4) is 33.8 Å². The standard InChI is InChI=1S/C54H37N3/c1-36-23-24-37(25-26-38-13-5-6-17-44(38)45-18-8-7-16-43(36)45)41-29-32-54(55-35-41)57-51-22-12-10-20-47(51)49-34-40(28-31-53(49)57)39-27-30-52-48(33-39)46-19-9-11-21-50(46)56(52)42-14-3-2-4-15-42/h2-25,27-35H,1,26H2/b24-23-,37-25+. The maximum absolute atomic E-state index is 5.13. The largest absolute Gasteiger partial charge is 0.309 e. The zero-order valence-corrected chi connectivity index (χ0v) is 31.3. The van der Waals surface area contributed by atoms with Gasteiger partial charge in [0.1, 0.15) is 5.82 Å². The van der Waals surface area contributed by atoms with Gasteiger partial charge in [-0.3, -0.25) is 4.57 Å². The average molecular weight is 728 g/mol. The van der Waals surface area contributed by atoms with Crippen molar-refractivity contribution in [1.29, 1.82) is 0 Å². The van der Waals surface area contributed by atoms with E-state index in [2.05, 4.69) is 210 Å². The molecule has 0 spiro atoms. The van der Waals surface area contributed by atoms with E-state index in [9.17, 15) is 0 Å². The minimum atomic E-state index is 0.815. The van der Waals surface area contributed by atoms with Gasteiger partial charge in [0.05, 0.1) is 22.1 Å². The van der Waals surface area contributed by atoms with Gasteiger partial charge in [0.15, 0.2) is 0 Å². The molecule has 1 aliphatic rings. The smallest absolute Gasteiger partial charge is 0.137 e. The molecule has 0 N–H and O–H groups in total. The summed E-state index contributed by atoms with van der Waals surface area (Å²) in [5.74, 6) is 0.890. The van der Waals surface area contributed by atoms with E-state index in [0.717, 1.165) is 45.5 Å². The molecule has 3 heteroatoms. The highest BCUT2D eigenvalue weighted by Gasteiger charge is 2.17. The number of pyridine rings is 1. The van der Waals surface area contributed by atoms with Gasteiger partial charge >= 0.3 is 0 Å². The summed E-state index contributed by atoms with van der Waals surface area (Å²) in [5, 5.41) is 4.91. The third-order valence-corrected chi connectivity index (χ3v) is 11.6. The summed E-state index contributed by atoms with van der Waals surface area (Å²) in [6.07, 6.45) is 9.45. The first kappa shape index (κ1) is 32.9. The van der Waals surface area contributed by atoms with Crippen LogP contribution < -0.4 is 0 Å². The van der Waals surface area contributed by atoms with Crippen LogP contribution in [-0.2, 0) is 6.42 Å². The van der Waals surface area contributed by atoms with Gasteiger partial charge in [-0.05, 0) is 117 Å². The van der Waals surface area contributed by atoms with E-state index >= 15 is 0 Å². The molecule has 1 aliphatic carbocycles. The molecule has 0 amide bonds. The summed E-state index contributed by atoms with van der Waals surface area (Å²) in [6, 6.07) is 63.3. The fraction of sp³-hybridized carbons (Fsp3) is 0.0185. The fourth-order valence-electron chi connectivity index (χ4n) is 8.84. The Balaban J connectivity index is 0.983. The van der Waals surface area contributed by atoms with E-state index < -0.39 is 0 Å². The summed E-state index contributed by atoms with van der Waals surface area (Å²) in [4.78, 5) is 5.13. The van der Waals surface area contributed by atoms with E-state index in [1.807, 2.05) is 6.20 Å². The molecule has 10 aromatic rings. The molecule has 0 atom stereocenters. The molecule has 11 rings (SSSR count). The Hall–Kier alpha value is -7.49. The molecule has 57 heavy (non-hydrogen) atoms. The molecule has 0 bridgehead atoms. The van der Waals surface area contributed by atoms with Crippen molar-refractivity contribution in [3.63, 3.8) is 0 Å². The number of aromatic nitrogens is 3. The summed E-state index contributed by atoms with van der Waals surface area (Å²) in [6.45, 7) is 4.47. The minimum absolute atomic E-state index is 0.815. The molecule has 0 unspecified atom stereocenters. The fourth-order valence-corrected chi connectivity index (χ4v) is 8.84.